The van der Waals surface area contributed by atoms with E-state index < -0.39 is 0 Å². The highest BCUT2D eigenvalue weighted by Gasteiger charge is 2.27. The van der Waals surface area contributed by atoms with Crippen LogP contribution in [0.5, 0.6) is 0 Å². The fraction of sp³-hybridized carbons (Fsp3) is 0.467. The highest BCUT2D eigenvalue weighted by Crippen LogP contribution is 2.37. The number of hydrogen-bond donors (Lipinski definition) is 1. The molecule has 1 fully saturated rings. The summed E-state index contributed by atoms with van der Waals surface area (Å²) >= 11 is 0. The summed E-state index contributed by atoms with van der Waals surface area (Å²) in [4.78, 5) is 8.43. The molecule has 1 saturated carbocycles. The quantitative estimate of drug-likeness (QED) is 0.856. The Balaban J connectivity index is 2.07. The molecule has 3 atom stereocenters. The summed E-state index contributed by atoms with van der Waals surface area (Å²) < 4.78 is 13.8. The van der Waals surface area contributed by atoms with Crippen LogP contribution in [0, 0.1) is 11.7 Å². The third-order valence-corrected chi connectivity index (χ3v) is 4.03. The van der Waals surface area contributed by atoms with Crippen LogP contribution in [0.2, 0.25) is 0 Å². The largest absolute Gasteiger partial charge is 0.328 e. The van der Waals surface area contributed by atoms with E-state index in [2.05, 4.69) is 16.9 Å². The van der Waals surface area contributed by atoms with Crippen molar-refractivity contribution in [2.45, 2.75) is 38.1 Å². The summed E-state index contributed by atoms with van der Waals surface area (Å²) in [5.74, 6) is 0.657. The molecule has 2 aromatic rings. The van der Waals surface area contributed by atoms with Crippen molar-refractivity contribution in [3.63, 3.8) is 0 Å². The van der Waals surface area contributed by atoms with Crippen LogP contribution < -0.4 is 5.73 Å². The average molecular weight is 259 g/mol. The van der Waals surface area contributed by atoms with Crippen molar-refractivity contribution in [1.82, 2.24) is 9.97 Å². The Bertz CT molecular complexity index is 589. The Hall–Kier alpha value is -1.55. The lowest BCUT2D eigenvalue weighted by atomic mass is 9.76. The molecule has 0 bridgehead atoms. The van der Waals surface area contributed by atoms with Crippen molar-refractivity contribution in [2.24, 2.45) is 11.7 Å². The Kier molecular flexibility index (Phi) is 3.19. The molecular weight excluding hydrogens is 241 g/mol. The van der Waals surface area contributed by atoms with Gasteiger partial charge in [-0.3, -0.25) is 4.98 Å². The molecule has 3 unspecified atom stereocenters. The third-order valence-electron chi connectivity index (χ3n) is 4.03. The van der Waals surface area contributed by atoms with E-state index in [1.165, 1.54) is 12.3 Å². The van der Waals surface area contributed by atoms with Gasteiger partial charge in [0.05, 0.1) is 5.52 Å². The Morgan fingerprint density at radius 3 is 2.58 bits per heavy atom. The number of benzene rings is 1. The Labute approximate surface area is 112 Å². The van der Waals surface area contributed by atoms with Gasteiger partial charge in [-0.1, -0.05) is 13.0 Å². The van der Waals surface area contributed by atoms with E-state index >= 15 is 0 Å². The molecule has 1 aliphatic rings. The minimum absolute atomic E-state index is 0.227. The van der Waals surface area contributed by atoms with Crippen LogP contribution in [0.3, 0.4) is 0 Å². The number of aromatic nitrogens is 2. The van der Waals surface area contributed by atoms with E-state index in [1.807, 2.05) is 6.07 Å². The number of fused-ring (bicyclic) bond motifs is 1. The minimum Gasteiger partial charge on any atom is -0.328 e. The minimum atomic E-state index is -0.306. The zero-order valence-electron chi connectivity index (χ0n) is 11.0. The molecule has 0 spiro atoms. The van der Waals surface area contributed by atoms with Crippen LogP contribution in [0.4, 0.5) is 4.39 Å². The predicted molar refractivity (Wildman–Crippen MR) is 73.2 cm³/mol. The van der Waals surface area contributed by atoms with Crippen LogP contribution in [-0.4, -0.2) is 16.0 Å². The lowest BCUT2D eigenvalue weighted by Crippen LogP contribution is -2.31. The predicted octanol–water partition coefficient (Wildman–Crippen LogP) is 3.00. The van der Waals surface area contributed by atoms with Crippen molar-refractivity contribution in [3.05, 3.63) is 35.9 Å². The van der Waals surface area contributed by atoms with Gasteiger partial charge >= 0.3 is 0 Å². The van der Waals surface area contributed by atoms with Crippen LogP contribution in [0.25, 0.3) is 11.0 Å². The van der Waals surface area contributed by atoms with Crippen LogP contribution in [0.15, 0.2) is 24.5 Å². The molecular formula is C15H18FN3. The fourth-order valence-electron chi connectivity index (χ4n) is 3.28. The molecule has 0 saturated heterocycles. The van der Waals surface area contributed by atoms with E-state index in [4.69, 9.17) is 5.73 Å². The highest BCUT2D eigenvalue weighted by molar-refractivity contribution is 5.78. The van der Waals surface area contributed by atoms with Gasteiger partial charge in [0.15, 0.2) is 5.82 Å². The van der Waals surface area contributed by atoms with Gasteiger partial charge in [0.1, 0.15) is 5.52 Å². The second kappa shape index (κ2) is 4.85. The number of nitrogens with two attached hydrogens (primary N) is 1. The molecule has 3 nitrogen and oxygen atoms in total. The van der Waals surface area contributed by atoms with Crippen molar-refractivity contribution in [3.8, 4) is 0 Å². The van der Waals surface area contributed by atoms with Crippen molar-refractivity contribution >= 4 is 11.0 Å². The summed E-state index contributed by atoms with van der Waals surface area (Å²) in [7, 11) is 0. The maximum absolute atomic E-state index is 13.8. The molecule has 4 heteroatoms. The van der Waals surface area contributed by atoms with E-state index in [9.17, 15) is 4.39 Å². The van der Waals surface area contributed by atoms with Gasteiger partial charge in [-0.05, 0) is 42.7 Å². The van der Waals surface area contributed by atoms with Crippen molar-refractivity contribution in [2.75, 3.05) is 0 Å². The summed E-state index contributed by atoms with van der Waals surface area (Å²) in [6.45, 7) is 2.23. The Morgan fingerprint density at radius 1 is 1.11 bits per heavy atom. The van der Waals surface area contributed by atoms with Gasteiger partial charge in [0.2, 0.25) is 0 Å². The van der Waals surface area contributed by atoms with Crippen LogP contribution >= 0.6 is 0 Å². The summed E-state index contributed by atoms with van der Waals surface area (Å²) in [5, 5.41) is 0. The molecule has 19 heavy (non-hydrogen) atoms. The maximum atomic E-state index is 13.8. The first-order chi connectivity index (χ1) is 9.15. The van der Waals surface area contributed by atoms with Gasteiger partial charge in [-0.2, -0.15) is 0 Å². The average Bonchev–Trinajstić information content (AvgIpc) is 2.38. The smallest absolute Gasteiger partial charge is 0.151 e. The van der Waals surface area contributed by atoms with Gasteiger partial charge in [0, 0.05) is 18.4 Å². The summed E-state index contributed by atoms with van der Waals surface area (Å²) in [6, 6.07) is 3.57. The fourth-order valence-corrected chi connectivity index (χ4v) is 3.28. The molecule has 0 amide bonds. The first kappa shape index (κ1) is 12.5. The first-order valence-corrected chi connectivity index (χ1v) is 6.80. The number of hydrogen-bond acceptors (Lipinski definition) is 3. The van der Waals surface area contributed by atoms with Gasteiger partial charge in [0.25, 0.3) is 0 Å². The molecule has 1 aromatic carbocycles. The molecule has 3 rings (SSSR count). The summed E-state index contributed by atoms with van der Waals surface area (Å²) in [6.07, 6.45) is 6.26. The molecule has 1 aliphatic carbocycles. The van der Waals surface area contributed by atoms with E-state index in [0.29, 0.717) is 22.9 Å². The topological polar surface area (TPSA) is 51.8 Å². The zero-order chi connectivity index (χ0) is 13.4. The van der Waals surface area contributed by atoms with Gasteiger partial charge in [-0.15, -0.1) is 0 Å². The van der Waals surface area contributed by atoms with Gasteiger partial charge in [-0.25, -0.2) is 9.37 Å². The van der Waals surface area contributed by atoms with Crippen molar-refractivity contribution in [1.29, 1.82) is 0 Å². The second-order valence-electron chi connectivity index (χ2n) is 5.66. The highest BCUT2D eigenvalue weighted by atomic mass is 19.1. The Morgan fingerprint density at radius 2 is 1.84 bits per heavy atom. The normalized spacial score (nSPS) is 27.6. The van der Waals surface area contributed by atoms with Crippen LogP contribution in [-0.2, 0) is 0 Å². The number of nitrogens with zero attached hydrogens (tertiary/aromatic N) is 2. The van der Waals surface area contributed by atoms with E-state index in [-0.39, 0.29) is 11.9 Å². The summed E-state index contributed by atoms with van der Waals surface area (Å²) in [5.41, 5.74) is 8.26. The number of halogens is 1. The lowest BCUT2D eigenvalue weighted by Gasteiger charge is -2.31. The molecule has 2 N–H and O–H groups in total. The monoisotopic (exact) mass is 259 g/mol. The second-order valence-corrected chi connectivity index (χ2v) is 5.66. The SMILES string of the molecule is CC1CC(N)CC(c2ccc(F)c3nccnc23)C1. The van der Waals surface area contributed by atoms with E-state index in [1.54, 1.807) is 6.20 Å². The van der Waals surface area contributed by atoms with Gasteiger partial charge < -0.3 is 5.73 Å². The molecule has 0 radical (unpaired) electrons. The lowest BCUT2D eigenvalue weighted by molar-refractivity contribution is 0.309. The zero-order valence-corrected chi connectivity index (χ0v) is 11.0. The molecule has 0 aliphatic heterocycles. The molecule has 1 heterocycles. The maximum Gasteiger partial charge on any atom is 0.151 e. The number of rotatable bonds is 1. The molecule has 1 aromatic heterocycles. The third kappa shape index (κ3) is 2.32. The first-order valence-electron chi connectivity index (χ1n) is 6.80. The van der Waals surface area contributed by atoms with Crippen LogP contribution in [0.1, 0.15) is 37.7 Å². The standard InChI is InChI=1S/C15H18FN3/c1-9-6-10(8-11(17)7-9)12-2-3-13(16)15-14(12)18-4-5-19-15/h2-5,9-11H,6-8,17H2,1H3. The van der Waals surface area contributed by atoms with E-state index in [0.717, 1.165) is 24.8 Å². The molecule has 100 valence electrons. The van der Waals surface area contributed by atoms with Crippen molar-refractivity contribution < 1.29 is 4.39 Å².